The normalized spacial score (nSPS) is 14.8. The molecule has 38 heavy (non-hydrogen) atoms. The summed E-state index contributed by atoms with van der Waals surface area (Å²) in [7, 11) is 3.80. The van der Waals surface area contributed by atoms with Crippen molar-refractivity contribution in [1.29, 1.82) is 0 Å². The lowest BCUT2D eigenvalue weighted by atomic mass is 9.65. The van der Waals surface area contributed by atoms with Crippen molar-refractivity contribution in [2.24, 2.45) is 16.2 Å². The number of unbranched alkanes of at least 4 members (excludes halogenated alkanes) is 1. The van der Waals surface area contributed by atoms with E-state index in [1.165, 1.54) is 0 Å². The van der Waals surface area contributed by atoms with Crippen molar-refractivity contribution in [3.8, 4) is 5.75 Å². The Morgan fingerprint density at radius 3 is 1.89 bits per heavy atom. The molecule has 0 aliphatic heterocycles. The highest BCUT2D eigenvalue weighted by Gasteiger charge is 2.49. The Morgan fingerprint density at radius 1 is 0.737 bits per heavy atom. The number of likely N-dealkylation sites (N-methyl/N-ethyl adjacent to an activating group) is 1. The second-order valence-corrected chi connectivity index (χ2v) is 11.4. The Morgan fingerprint density at radius 2 is 1.32 bits per heavy atom. The molecule has 0 spiro atoms. The van der Waals surface area contributed by atoms with Crippen LogP contribution in [0, 0.1) is 16.2 Å². The Balaban J connectivity index is 3.06. The highest BCUT2D eigenvalue weighted by molar-refractivity contribution is 5.82. The zero-order chi connectivity index (χ0) is 28.8. The quantitative estimate of drug-likeness (QED) is 0.142. The highest BCUT2D eigenvalue weighted by atomic mass is 16.6. The lowest BCUT2D eigenvalue weighted by molar-refractivity contribution is -0.169. The SMILES string of the molecule is CCCCOC(=O)C(C)(CC)CC(C)(CC(C)(C)C(=O)OCCN(C)C)C(=O)OCCOc1ccccc1. The van der Waals surface area contributed by atoms with E-state index in [4.69, 9.17) is 18.9 Å². The predicted molar refractivity (Wildman–Crippen MR) is 148 cm³/mol. The van der Waals surface area contributed by atoms with Crippen LogP contribution in [0.5, 0.6) is 5.75 Å². The third-order valence-corrected chi connectivity index (χ3v) is 6.76. The van der Waals surface area contributed by atoms with Gasteiger partial charge in [-0.05, 0) is 79.6 Å². The summed E-state index contributed by atoms with van der Waals surface area (Å²) in [5.74, 6) is -0.536. The van der Waals surface area contributed by atoms with Gasteiger partial charge in [0.2, 0.25) is 0 Å². The minimum absolute atomic E-state index is 0.0425. The number of ether oxygens (including phenoxy) is 4. The molecule has 1 aromatic rings. The van der Waals surface area contributed by atoms with Gasteiger partial charge in [-0.3, -0.25) is 14.4 Å². The molecule has 0 aliphatic carbocycles. The summed E-state index contributed by atoms with van der Waals surface area (Å²) in [6.07, 6.45) is 2.49. The van der Waals surface area contributed by atoms with Gasteiger partial charge in [-0.15, -0.1) is 0 Å². The third-order valence-electron chi connectivity index (χ3n) is 6.76. The second kappa shape index (κ2) is 15.7. The van der Waals surface area contributed by atoms with Crippen molar-refractivity contribution in [3.63, 3.8) is 0 Å². The largest absolute Gasteiger partial charge is 0.490 e. The van der Waals surface area contributed by atoms with E-state index in [1.807, 2.05) is 70.1 Å². The first-order chi connectivity index (χ1) is 17.8. The van der Waals surface area contributed by atoms with E-state index < -0.39 is 28.2 Å². The van der Waals surface area contributed by atoms with Gasteiger partial charge in [-0.2, -0.15) is 0 Å². The molecule has 8 nitrogen and oxygen atoms in total. The van der Waals surface area contributed by atoms with Gasteiger partial charge in [0.05, 0.1) is 22.9 Å². The van der Waals surface area contributed by atoms with E-state index in [9.17, 15) is 14.4 Å². The molecule has 2 unspecified atom stereocenters. The number of hydrogen-bond donors (Lipinski definition) is 0. The molecule has 0 bridgehead atoms. The summed E-state index contributed by atoms with van der Waals surface area (Å²) in [6, 6.07) is 9.27. The van der Waals surface area contributed by atoms with E-state index in [-0.39, 0.29) is 38.6 Å². The van der Waals surface area contributed by atoms with Gasteiger partial charge in [-0.25, -0.2) is 0 Å². The number of para-hydroxylation sites is 1. The topological polar surface area (TPSA) is 91.4 Å². The van der Waals surface area contributed by atoms with E-state index in [0.29, 0.717) is 25.3 Å². The molecule has 2 atom stereocenters. The summed E-state index contributed by atoms with van der Waals surface area (Å²) < 4.78 is 22.4. The first-order valence-electron chi connectivity index (χ1n) is 13.6. The standard InChI is InChI=1S/C30H49NO7/c1-9-11-18-36-26(33)29(5,10-2)23-30(6,22-28(3,4)25(32)37-19-17-31(7)8)27(34)38-21-20-35-24-15-13-12-14-16-24/h12-16H,9-11,17-23H2,1-8H3. The van der Waals surface area contributed by atoms with Crippen LogP contribution in [0.2, 0.25) is 0 Å². The maximum Gasteiger partial charge on any atom is 0.311 e. The van der Waals surface area contributed by atoms with Crippen LogP contribution in [0.4, 0.5) is 0 Å². The number of benzene rings is 1. The van der Waals surface area contributed by atoms with E-state index in [0.717, 1.165) is 12.8 Å². The molecule has 0 saturated carbocycles. The van der Waals surface area contributed by atoms with Crippen LogP contribution in [0.1, 0.15) is 73.6 Å². The van der Waals surface area contributed by atoms with Crippen molar-refractivity contribution < 1.29 is 33.3 Å². The number of esters is 3. The lowest BCUT2D eigenvalue weighted by Gasteiger charge is -2.39. The number of rotatable bonds is 18. The maximum atomic E-state index is 13.6. The zero-order valence-corrected chi connectivity index (χ0v) is 24.8. The minimum atomic E-state index is -1.15. The van der Waals surface area contributed by atoms with Crippen molar-refractivity contribution in [3.05, 3.63) is 30.3 Å². The molecular weight excluding hydrogens is 486 g/mol. The summed E-state index contributed by atoms with van der Waals surface area (Å²) in [5.41, 5.74) is -3.06. The molecule has 0 radical (unpaired) electrons. The molecular formula is C30H49NO7. The molecule has 1 aromatic carbocycles. The van der Waals surface area contributed by atoms with E-state index in [1.54, 1.807) is 20.8 Å². The van der Waals surface area contributed by atoms with Gasteiger partial charge in [-0.1, -0.05) is 38.5 Å². The minimum Gasteiger partial charge on any atom is -0.490 e. The van der Waals surface area contributed by atoms with Crippen molar-refractivity contribution >= 4 is 17.9 Å². The van der Waals surface area contributed by atoms with Crippen molar-refractivity contribution in [2.75, 3.05) is 47.1 Å². The number of hydrogen-bond acceptors (Lipinski definition) is 8. The number of carbonyl (C=O) groups is 3. The van der Waals surface area contributed by atoms with E-state index >= 15 is 0 Å². The molecule has 0 aliphatic rings. The fraction of sp³-hybridized carbons (Fsp3) is 0.700. The van der Waals surface area contributed by atoms with Gasteiger partial charge in [0.1, 0.15) is 25.6 Å². The van der Waals surface area contributed by atoms with Crippen LogP contribution in [0.25, 0.3) is 0 Å². The van der Waals surface area contributed by atoms with E-state index in [2.05, 4.69) is 0 Å². The third kappa shape index (κ3) is 11.0. The van der Waals surface area contributed by atoms with Gasteiger partial charge in [0.25, 0.3) is 0 Å². The van der Waals surface area contributed by atoms with Crippen LogP contribution in [0.3, 0.4) is 0 Å². The molecule has 0 amide bonds. The Labute approximate surface area is 229 Å². The van der Waals surface area contributed by atoms with Crippen LogP contribution < -0.4 is 4.74 Å². The van der Waals surface area contributed by atoms with Gasteiger partial charge >= 0.3 is 17.9 Å². The monoisotopic (exact) mass is 535 g/mol. The van der Waals surface area contributed by atoms with Crippen LogP contribution >= 0.6 is 0 Å². The lowest BCUT2D eigenvalue weighted by Crippen LogP contribution is -2.44. The van der Waals surface area contributed by atoms with Crippen LogP contribution in [-0.4, -0.2) is 69.9 Å². The summed E-state index contributed by atoms with van der Waals surface area (Å²) in [4.78, 5) is 41.6. The second-order valence-electron chi connectivity index (χ2n) is 11.4. The molecule has 1 rings (SSSR count). The molecule has 0 aromatic heterocycles. The average Bonchev–Trinajstić information content (AvgIpc) is 2.86. The average molecular weight is 536 g/mol. The summed E-state index contributed by atoms with van der Waals surface area (Å²) in [5, 5.41) is 0. The first kappa shape index (κ1) is 33.4. The highest BCUT2D eigenvalue weighted by Crippen LogP contribution is 2.45. The Bertz CT molecular complexity index is 871. The van der Waals surface area contributed by atoms with Gasteiger partial charge in [0, 0.05) is 6.54 Å². The summed E-state index contributed by atoms with van der Waals surface area (Å²) in [6.45, 7) is 12.4. The smallest absolute Gasteiger partial charge is 0.311 e. The fourth-order valence-corrected chi connectivity index (χ4v) is 4.44. The fourth-order valence-electron chi connectivity index (χ4n) is 4.44. The van der Waals surface area contributed by atoms with Crippen molar-refractivity contribution in [1.82, 2.24) is 4.90 Å². The first-order valence-corrected chi connectivity index (χ1v) is 13.6. The molecule has 8 heteroatoms. The van der Waals surface area contributed by atoms with Crippen LogP contribution in [-0.2, 0) is 28.6 Å². The molecule has 0 heterocycles. The van der Waals surface area contributed by atoms with Crippen LogP contribution in [0.15, 0.2) is 30.3 Å². The van der Waals surface area contributed by atoms with Crippen molar-refractivity contribution in [2.45, 2.75) is 73.6 Å². The predicted octanol–water partition coefficient (Wildman–Crippen LogP) is 5.29. The number of carbonyl (C=O) groups excluding carboxylic acids is 3. The number of nitrogens with zero attached hydrogens (tertiary/aromatic N) is 1. The maximum absolute atomic E-state index is 13.6. The molecule has 0 saturated heterocycles. The van der Waals surface area contributed by atoms with Gasteiger partial charge < -0.3 is 23.8 Å². The molecule has 0 N–H and O–H groups in total. The summed E-state index contributed by atoms with van der Waals surface area (Å²) >= 11 is 0. The zero-order valence-electron chi connectivity index (χ0n) is 24.8. The molecule has 0 fully saturated rings. The Kier molecular flexibility index (Phi) is 13.8. The Hall–Kier alpha value is -2.61. The molecule has 216 valence electrons. The van der Waals surface area contributed by atoms with Gasteiger partial charge in [0.15, 0.2) is 0 Å².